The molecular weight excluding hydrogens is 316 g/mol. The molecule has 1 aliphatic rings. The molecule has 1 aliphatic carbocycles. The van der Waals surface area contributed by atoms with Crippen molar-refractivity contribution in [1.82, 2.24) is 19.4 Å². The van der Waals surface area contributed by atoms with Gasteiger partial charge >= 0.3 is 0 Å². The Kier molecular flexibility index (Phi) is 3.67. The Morgan fingerprint density at radius 2 is 2.05 bits per heavy atom. The van der Waals surface area contributed by atoms with E-state index in [1.165, 1.54) is 28.8 Å². The predicted molar refractivity (Wildman–Crippen MR) is 87.6 cm³/mol. The minimum absolute atomic E-state index is 0.0361. The summed E-state index contributed by atoms with van der Waals surface area (Å²) in [5, 5.41) is 0.704. The van der Waals surface area contributed by atoms with Gasteiger partial charge in [-0.25, -0.2) is 15.0 Å². The molecule has 3 aromatic rings. The highest BCUT2D eigenvalue weighted by molar-refractivity contribution is 7.98. The van der Waals surface area contributed by atoms with E-state index in [4.69, 9.17) is 0 Å². The fourth-order valence-corrected chi connectivity index (χ4v) is 4.64. The predicted octanol–water partition coefficient (Wildman–Crippen LogP) is 2.72. The molecule has 0 unspecified atom stereocenters. The molecule has 22 heavy (non-hydrogen) atoms. The van der Waals surface area contributed by atoms with Crippen molar-refractivity contribution < 1.29 is 0 Å². The molecule has 0 aliphatic heterocycles. The van der Waals surface area contributed by atoms with Gasteiger partial charge in [-0.15, -0.1) is 11.3 Å². The fourth-order valence-electron chi connectivity index (χ4n) is 2.71. The Bertz CT molecular complexity index is 872. The summed E-state index contributed by atoms with van der Waals surface area (Å²) in [5.41, 5.74) is 2.00. The van der Waals surface area contributed by atoms with Crippen LogP contribution in [0.25, 0.3) is 4.96 Å². The molecule has 0 radical (unpaired) electrons. The first kappa shape index (κ1) is 13.9. The topological polar surface area (TPSA) is 60.2 Å². The van der Waals surface area contributed by atoms with Crippen molar-refractivity contribution >= 4 is 28.1 Å². The summed E-state index contributed by atoms with van der Waals surface area (Å²) in [6.45, 7) is 0. The van der Waals surface area contributed by atoms with Gasteiger partial charge in [-0.2, -0.15) is 0 Å². The number of aromatic nitrogens is 4. The van der Waals surface area contributed by atoms with E-state index in [2.05, 4.69) is 15.0 Å². The van der Waals surface area contributed by atoms with Crippen molar-refractivity contribution in [3.05, 3.63) is 51.1 Å². The number of nitrogens with zero attached hydrogens (tertiary/aromatic N) is 4. The summed E-state index contributed by atoms with van der Waals surface area (Å²) in [6.07, 6.45) is 7.87. The first-order chi connectivity index (χ1) is 10.8. The van der Waals surface area contributed by atoms with Gasteiger partial charge in [0.1, 0.15) is 0 Å². The second kappa shape index (κ2) is 5.81. The van der Waals surface area contributed by atoms with Gasteiger partial charge in [0.2, 0.25) is 0 Å². The van der Waals surface area contributed by atoms with Gasteiger partial charge in [0.05, 0.1) is 5.69 Å². The maximum absolute atomic E-state index is 12.4. The van der Waals surface area contributed by atoms with Crippen LogP contribution in [0.15, 0.2) is 34.5 Å². The smallest absolute Gasteiger partial charge is 0.259 e. The van der Waals surface area contributed by atoms with Crippen LogP contribution in [0.2, 0.25) is 0 Å². The Hall–Kier alpha value is -1.73. The fraction of sp³-hybridized carbons (Fsp3) is 0.333. The summed E-state index contributed by atoms with van der Waals surface area (Å²) in [7, 11) is 0. The molecule has 0 atom stereocenters. The summed E-state index contributed by atoms with van der Waals surface area (Å²) in [5.74, 6) is 0.609. The van der Waals surface area contributed by atoms with E-state index in [1.807, 2.05) is 0 Å². The van der Waals surface area contributed by atoms with Crippen LogP contribution in [-0.2, 0) is 18.6 Å². The third kappa shape index (κ3) is 2.55. The molecule has 112 valence electrons. The lowest BCUT2D eigenvalue weighted by molar-refractivity contribution is 0.670. The number of hydrogen-bond donors (Lipinski definition) is 0. The van der Waals surface area contributed by atoms with Crippen LogP contribution in [-0.4, -0.2) is 19.4 Å². The summed E-state index contributed by atoms with van der Waals surface area (Å²) >= 11 is 3.16. The van der Waals surface area contributed by atoms with E-state index >= 15 is 0 Å². The zero-order valence-electron chi connectivity index (χ0n) is 11.9. The normalized spacial score (nSPS) is 14.2. The number of fused-ring (bicyclic) bond motifs is 3. The molecule has 3 heterocycles. The standard InChI is InChI=1S/C15H14N4OS2/c20-13-8-10(9-21-14-16-6-3-7-17-14)18-15-19(13)11-4-1-2-5-12(11)22-15/h3,6-8H,1-2,4-5,9H2. The van der Waals surface area contributed by atoms with Crippen LogP contribution in [0.3, 0.4) is 0 Å². The molecule has 0 fully saturated rings. The van der Waals surface area contributed by atoms with E-state index in [0.29, 0.717) is 10.9 Å². The first-order valence-electron chi connectivity index (χ1n) is 7.24. The highest BCUT2D eigenvalue weighted by Crippen LogP contribution is 2.28. The molecule has 0 aromatic carbocycles. The van der Waals surface area contributed by atoms with Crippen molar-refractivity contribution in [2.24, 2.45) is 0 Å². The van der Waals surface area contributed by atoms with Crippen molar-refractivity contribution in [1.29, 1.82) is 0 Å². The molecule has 4 rings (SSSR count). The SMILES string of the molecule is O=c1cc(CSc2ncccn2)nc2sc3c(n12)CCCC3. The van der Waals surface area contributed by atoms with Crippen LogP contribution in [0.1, 0.15) is 29.1 Å². The molecule has 0 amide bonds. The van der Waals surface area contributed by atoms with Gasteiger partial charge in [0.25, 0.3) is 5.56 Å². The second-order valence-corrected chi connectivity index (χ2v) is 7.21. The van der Waals surface area contributed by atoms with E-state index < -0.39 is 0 Å². The van der Waals surface area contributed by atoms with E-state index in [9.17, 15) is 4.79 Å². The summed E-state index contributed by atoms with van der Waals surface area (Å²) in [4.78, 5) is 27.6. The first-order valence-corrected chi connectivity index (χ1v) is 9.04. The maximum Gasteiger partial charge on any atom is 0.259 e. The zero-order valence-corrected chi connectivity index (χ0v) is 13.5. The quantitative estimate of drug-likeness (QED) is 0.546. The number of thioether (sulfide) groups is 1. The lowest BCUT2D eigenvalue weighted by Gasteiger charge is -2.10. The molecule has 3 aromatic heterocycles. The van der Waals surface area contributed by atoms with Gasteiger partial charge in [-0.1, -0.05) is 11.8 Å². The van der Waals surface area contributed by atoms with Crippen molar-refractivity contribution in [3.63, 3.8) is 0 Å². The van der Waals surface area contributed by atoms with Crippen LogP contribution < -0.4 is 5.56 Å². The molecular formula is C15H14N4OS2. The maximum atomic E-state index is 12.4. The lowest BCUT2D eigenvalue weighted by Crippen LogP contribution is -2.17. The molecule has 7 heteroatoms. The largest absolute Gasteiger partial charge is 0.269 e. The highest BCUT2D eigenvalue weighted by atomic mass is 32.2. The van der Waals surface area contributed by atoms with Crippen molar-refractivity contribution in [2.75, 3.05) is 0 Å². The third-order valence-corrected chi connectivity index (χ3v) is 5.76. The van der Waals surface area contributed by atoms with E-state index in [-0.39, 0.29) is 5.56 Å². The zero-order chi connectivity index (χ0) is 14.9. The second-order valence-electron chi connectivity index (χ2n) is 5.20. The molecule has 5 nitrogen and oxygen atoms in total. The Labute approximate surface area is 135 Å². The van der Waals surface area contributed by atoms with E-state index in [1.54, 1.807) is 40.3 Å². The Morgan fingerprint density at radius 1 is 1.23 bits per heavy atom. The Balaban J connectivity index is 1.67. The Morgan fingerprint density at radius 3 is 2.91 bits per heavy atom. The lowest BCUT2D eigenvalue weighted by atomic mass is 10.0. The third-order valence-electron chi connectivity index (χ3n) is 3.71. The number of thiazole rings is 1. The number of aryl methyl sites for hydroxylation is 2. The average Bonchev–Trinajstić information content (AvgIpc) is 2.92. The molecule has 0 saturated carbocycles. The van der Waals surface area contributed by atoms with Gasteiger partial charge in [0, 0.05) is 34.8 Å². The highest BCUT2D eigenvalue weighted by Gasteiger charge is 2.18. The van der Waals surface area contributed by atoms with E-state index in [0.717, 1.165) is 29.9 Å². The van der Waals surface area contributed by atoms with Crippen LogP contribution >= 0.6 is 23.1 Å². The van der Waals surface area contributed by atoms with Gasteiger partial charge in [0.15, 0.2) is 10.1 Å². The van der Waals surface area contributed by atoms with Gasteiger partial charge < -0.3 is 0 Å². The number of hydrogen-bond acceptors (Lipinski definition) is 6. The summed E-state index contributed by atoms with van der Waals surface area (Å²) in [6, 6.07) is 3.43. The van der Waals surface area contributed by atoms with Crippen LogP contribution in [0, 0.1) is 0 Å². The molecule has 0 N–H and O–H groups in total. The monoisotopic (exact) mass is 330 g/mol. The minimum Gasteiger partial charge on any atom is -0.269 e. The van der Waals surface area contributed by atoms with Gasteiger partial charge in [-0.05, 0) is 31.7 Å². The number of rotatable bonds is 3. The van der Waals surface area contributed by atoms with Crippen LogP contribution in [0.4, 0.5) is 0 Å². The van der Waals surface area contributed by atoms with Crippen LogP contribution in [0.5, 0.6) is 0 Å². The molecule has 0 saturated heterocycles. The molecule has 0 spiro atoms. The minimum atomic E-state index is 0.0361. The van der Waals surface area contributed by atoms with Crippen molar-refractivity contribution in [3.8, 4) is 0 Å². The van der Waals surface area contributed by atoms with Gasteiger partial charge in [-0.3, -0.25) is 9.20 Å². The average molecular weight is 330 g/mol. The van der Waals surface area contributed by atoms with Crippen molar-refractivity contribution in [2.45, 2.75) is 36.6 Å². The molecule has 0 bridgehead atoms. The summed E-state index contributed by atoms with van der Waals surface area (Å²) < 4.78 is 1.80.